The second kappa shape index (κ2) is 12.8. The van der Waals surface area contributed by atoms with Crippen LogP contribution in [0.1, 0.15) is 29.2 Å². The van der Waals surface area contributed by atoms with Gasteiger partial charge < -0.3 is 14.8 Å². The lowest BCUT2D eigenvalue weighted by atomic mass is 10.1. The Morgan fingerprint density at radius 3 is 2.53 bits per heavy atom. The van der Waals surface area contributed by atoms with Gasteiger partial charge in [0, 0.05) is 21.3 Å². The number of hydrazone groups is 1. The predicted molar refractivity (Wildman–Crippen MR) is 146 cm³/mol. The van der Waals surface area contributed by atoms with E-state index in [2.05, 4.69) is 31.8 Å². The molecular weight excluding hydrogens is 569 g/mol. The van der Waals surface area contributed by atoms with Gasteiger partial charge in [-0.15, -0.1) is 0 Å². The van der Waals surface area contributed by atoms with Gasteiger partial charge in [-0.05, 0) is 83.7 Å². The molecule has 0 fully saturated rings. The first kappa shape index (κ1) is 27.5. The van der Waals surface area contributed by atoms with E-state index in [-0.39, 0.29) is 6.61 Å². The third-order valence-corrected chi connectivity index (χ3v) is 6.12. The first-order valence-electron chi connectivity index (χ1n) is 10.9. The van der Waals surface area contributed by atoms with E-state index in [4.69, 9.17) is 32.7 Å². The molecule has 2 amide bonds. The van der Waals surface area contributed by atoms with Crippen LogP contribution in [-0.2, 0) is 16.2 Å². The SMILES string of the molecule is CCOc1cc(/C=N/NC(=O)C(=O)Nc2cc(C)ccc2C)cc(Br)c1OCc1ccc(Cl)cc1Cl. The highest BCUT2D eigenvalue weighted by molar-refractivity contribution is 9.10. The van der Waals surface area contributed by atoms with E-state index in [9.17, 15) is 9.59 Å². The predicted octanol–water partition coefficient (Wildman–Crippen LogP) is 6.44. The quantitative estimate of drug-likeness (QED) is 0.179. The van der Waals surface area contributed by atoms with Crippen molar-refractivity contribution in [3.05, 3.63) is 85.3 Å². The number of hydrogen-bond acceptors (Lipinski definition) is 5. The first-order valence-corrected chi connectivity index (χ1v) is 12.5. The number of rotatable bonds is 8. The van der Waals surface area contributed by atoms with E-state index in [1.54, 1.807) is 36.4 Å². The van der Waals surface area contributed by atoms with Crippen LogP contribution in [0.5, 0.6) is 11.5 Å². The van der Waals surface area contributed by atoms with E-state index >= 15 is 0 Å². The molecule has 36 heavy (non-hydrogen) atoms. The number of anilines is 1. The molecule has 188 valence electrons. The van der Waals surface area contributed by atoms with Crippen LogP contribution in [0, 0.1) is 13.8 Å². The molecule has 0 heterocycles. The number of carbonyl (C=O) groups is 2. The molecular formula is C26H24BrCl2N3O4. The Bertz CT molecular complexity index is 1310. The number of aryl methyl sites for hydroxylation is 2. The molecule has 0 saturated heterocycles. The van der Waals surface area contributed by atoms with Crippen LogP contribution in [0.4, 0.5) is 5.69 Å². The second-order valence-corrected chi connectivity index (χ2v) is 9.46. The Labute approximate surface area is 227 Å². The summed E-state index contributed by atoms with van der Waals surface area (Å²) in [7, 11) is 0. The molecule has 0 aliphatic carbocycles. The molecule has 0 radical (unpaired) electrons. The minimum atomic E-state index is -0.893. The van der Waals surface area contributed by atoms with Gasteiger partial charge in [-0.25, -0.2) is 5.43 Å². The van der Waals surface area contributed by atoms with Gasteiger partial charge >= 0.3 is 11.8 Å². The molecule has 0 spiro atoms. The number of amides is 2. The zero-order valence-electron chi connectivity index (χ0n) is 19.8. The van der Waals surface area contributed by atoms with Gasteiger partial charge in [-0.1, -0.05) is 41.4 Å². The molecule has 0 saturated carbocycles. The normalized spacial score (nSPS) is 10.8. The molecule has 10 heteroatoms. The standard InChI is InChI=1S/C26H24BrCl2N3O4/c1-4-35-23-11-17(10-20(27)24(23)36-14-18-7-8-19(28)12-21(18)29)13-30-32-26(34)25(33)31-22-9-15(2)5-6-16(22)3/h5-13H,4,14H2,1-3H3,(H,31,33)(H,32,34)/b30-13+. The summed E-state index contributed by atoms with van der Waals surface area (Å²) in [5, 5.41) is 7.53. The highest BCUT2D eigenvalue weighted by Gasteiger charge is 2.15. The maximum atomic E-state index is 12.2. The average molecular weight is 593 g/mol. The fourth-order valence-corrected chi connectivity index (χ4v) is 4.16. The van der Waals surface area contributed by atoms with Crippen molar-refractivity contribution in [1.82, 2.24) is 5.43 Å². The van der Waals surface area contributed by atoms with E-state index < -0.39 is 11.8 Å². The van der Waals surface area contributed by atoms with Crippen molar-refractivity contribution in [3.8, 4) is 11.5 Å². The molecule has 0 aliphatic rings. The molecule has 3 aromatic rings. The van der Waals surface area contributed by atoms with Crippen molar-refractivity contribution in [3.63, 3.8) is 0 Å². The third-order valence-electron chi connectivity index (χ3n) is 4.95. The highest BCUT2D eigenvalue weighted by atomic mass is 79.9. The van der Waals surface area contributed by atoms with Gasteiger partial charge in [-0.2, -0.15) is 5.10 Å². The van der Waals surface area contributed by atoms with Gasteiger partial charge in [0.1, 0.15) is 6.61 Å². The average Bonchev–Trinajstić information content (AvgIpc) is 2.82. The summed E-state index contributed by atoms with van der Waals surface area (Å²) >= 11 is 15.7. The minimum Gasteiger partial charge on any atom is -0.490 e. The smallest absolute Gasteiger partial charge is 0.329 e. The lowest BCUT2D eigenvalue weighted by molar-refractivity contribution is -0.136. The van der Waals surface area contributed by atoms with Crippen LogP contribution in [-0.4, -0.2) is 24.6 Å². The van der Waals surface area contributed by atoms with Crippen molar-refractivity contribution in [1.29, 1.82) is 0 Å². The van der Waals surface area contributed by atoms with Crippen molar-refractivity contribution in [2.75, 3.05) is 11.9 Å². The number of nitrogens with one attached hydrogen (secondary N) is 2. The van der Waals surface area contributed by atoms with E-state index in [0.29, 0.717) is 43.9 Å². The fraction of sp³-hybridized carbons (Fsp3) is 0.192. The Hall–Kier alpha value is -3.07. The van der Waals surface area contributed by atoms with Crippen molar-refractivity contribution in [2.45, 2.75) is 27.4 Å². The molecule has 0 atom stereocenters. The summed E-state index contributed by atoms with van der Waals surface area (Å²) < 4.78 is 12.3. The van der Waals surface area contributed by atoms with Crippen molar-refractivity contribution >= 4 is 62.8 Å². The first-order chi connectivity index (χ1) is 17.2. The van der Waals surface area contributed by atoms with Crippen LogP contribution in [0.3, 0.4) is 0 Å². The van der Waals surface area contributed by atoms with Crippen molar-refractivity contribution in [2.24, 2.45) is 5.10 Å². The Morgan fingerprint density at radius 1 is 1.03 bits per heavy atom. The number of carbonyl (C=O) groups excluding carboxylic acids is 2. The maximum Gasteiger partial charge on any atom is 0.329 e. The summed E-state index contributed by atoms with van der Waals surface area (Å²) in [5.74, 6) is -0.757. The van der Waals surface area contributed by atoms with Crippen LogP contribution in [0.25, 0.3) is 0 Å². The highest BCUT2D eigenvalue weighted by Crippen LogP contribution is 2.37. The molecule has 0 aromatic heterocycles. The Morgan fingerprint density at radius 2 is 1.81 bits per heavy atom. The minimum absolute atomic E-state index is 0.202. The maximum absolute atomic E-state index is 12.2. The van der Waals surface area contributed by atoms with Crippen LogP contribution in [0.2, 0.25) is 10.0 Å². The topological polar surface area (TPSA) is 89.0 Å². The second-order valence-electron chi connectivity index (χ2n) is 7.76. The van der Waals surface area contributed by atoms with Crippen molar-refractivity contribution < 1.29 is 19.1 Å². The number of ether oxygens (including phenoxy) is 2. The molecule has 3 aromatic carbocycles. The lowest BCUT2D eigenvalue weighted by Gasteiger charge is -2.15. The number of benzene rings is 3. The van der Waals surface area contributed by atoms with E-state index in [1.807, 2.05) is 32.9 Å². The molecule has 2 N–H and O–H groups in total. The third kappa shape index (κ3) is 7.46. The Kier molecular flexibility index (Phi) is 9.75. The summed E-state index contributed by atoms with van der Waals surface area (Å²) in [5.41, 5.74) is 5.99. The molecule has 0 unspecified atom stereocenters. The summed E-state index contributed by atoms with van der Waals surface area (Å²) in [4.78, 5) is 24.4. The lowest BCUT2D eigenvalue weighted by Crippen LogP contribution is -2.32. The van der Waals surface area contributed by atoms with Crippen LogP contribution < -0.4 is 20.2 Å². The largest absolute Gasteiger partial charge is 0.490 e. The molecule has 0 bridgehead atoms. The van der Waals surface area contributed by atoms with Gasteiger partial charge in [0.2, 0.25) is 0 Å². The van der Waals surface area contributed by atoms with E-state index in [1.165, 1.54) is 6.21 Å². The van der Waals surface area contributed by atoms with Crippen LogP contribution >= 0.6 is 39.1 Å². The van der Waals surface area contributed by atoms with Gasteiger partial charge in [0.25, 0.3) is 0 Å². The molecule has 0 aliphatic heterocycles. The van der Waals surface area contributed by atoms with Crippen LogP contribution in [0.15, 0.2) is 58.1 Å². The monoisotopic (exact) mass is 591 g/mol. The Balaban J connectivity index is 1.68. The summed E-state index contributed by atoms with van der Waals surface area (Å²) in [6.45, 7) is 6.20. The number of nitrogens with zero attached hydrogens (tertiary/aromatic N) is 1. The summed E-state index contributed by atoms with van der Waals surface area (Å²) in [6, 6.07) is 14.2. The van der Waals surface area contributed by atoms with Gasteiger partial charge in [-0.3, -0.25) is 9.59 Å². The molecule has 7 nitrogen and oxygen atoms in total. The number of halogens is 3. The van der Waals surface area contributed by atoms with Gasteiger partial charge in [0.15, 0.2) is 11.5 Å². The van der Waals surface area contributed by atoms with E-state index in [0.717, 1.165) is 16.7 Å². The fourth-order valence-electron chi connectivity index (χ4n) is 3.12. The molecule has 3 rings (SSSR count). The van der Waals surface area contributed by atoms with Gasteiger partial charge in [0.05, 0.1) is 17.3 Å². The number of hydrogen-bond donors (Lipinski definition) is 2. The zero-order chi connectivity index (χ0) is 26.2. The summed E-state index contributed by atoms with van der Waals surface area (Å²) in [6.07, 6.45) is 1.40. The zero-order valence-corrected chi connectivity index (χ0v) is 22.9.